The fourth-order valence-electron chi connectivity index (χ4n) is 5.14. The molecule has 0 N–H and O–H groups in total. The van der Waals surface area contributed by atoms with Crippen molar-refractivity contribution in [1.82, 2.24) is 0 Å². The topological polar surface area (TPSA) is 86.0 Å². The first kappa shape index (κ1) is 29.0. The van der Waals surface area contributed by atoms with Gasteiger partial charge in [0.25, 0.3) is 5.91 Å². The molecule has 1 aromatic heterocycles. The number of carbonyl (C=O) groups excluding carboxylic acids is 2. The summed E-state index contributed by atoms with van der Waals surface area (Å²) >= 11 is 0. The maximum atomic E-state index is 14.1. The molecule has 0 radical (unpaired) electrons. The quantitative estimate of drug-likeness (QED) is 0.129. The second-order valence-electron chi connectivity index (χ2n) is 10.4. The first-order chi connectivity index (χ1) is 20.4. The molecule has 4 aromatic rings. The maximum absolute atomic E-state index is 14.1. The van der Waals surface area contributed by atoms with Gasteiger partial charge in [0.15, 0.2) is 5.43 Å². The van der Waals surface area contributed by atoms with Crippen molar-refractivity contribution in [2.75, 3.05) is 18.1 Å². The molecule has 0 aliphatic carbocycles. The third-order valence-electron chi connectivity index (χ3n) is 7.41. The lowest BCUT2D eigenvalue weighted by molar-refractivity contribution is 0.0499. The summed E-state index contributed by atoms with van der Waals surface area (Å²) in [5.74, 6) is -0.937. The van der Waals surface area contributed by atoms with Crippen molar-refractivity contribution >= 4 is 28.5 Å². The third kappa shape index (κ3) is 5.93. The van der Waals surface area contributed by atoms with Crippen LogP contribution in [0.5, 0.6) is 5.75 Å². The number of fused-ring (bicyclic) bond motifs is 2. The molecule has 0 fully saturated rings. The Morgan fingerprint density at radius 3 is 2.33 bits per heavy atom. The highest BCUT2D eigenvalue weighted by atomic mass is 19.1. The number of ether oxygens (including phenoxy) is 2. The van der Waals surface area contributed by atoms with E-state index in [0.717, 1.165) is 44.6 Å². The van der Waals surface area contributed by atoms with Gasteiger partial charge in [0, 0.05) is 5.69 Å². The van der Waals surface area contributed by atoms with Gasteiger partial charge < -0.3 is 13.9 Å². The van der Waals surface area contributed by atoms with E-state index in [4.69, 9.17) is 13.9 Å². The molecule has 0 spiro atoms. The molecule has 0 saturated carbocycles. The van der Waals surface area contributed by atoms with Crippen molar-refractivity contribution < 1.29 is 27.9 Å². The van der Waals surface area contributed by atoms with Gasteiger partial charge in [-0.2, -0.15) is 0 Å². The van der Waals surface area contributed by atoms with Gasteiger partial charge in [-0.1, -0.05) is 51.7 Å². The number of esters is 1. The minimum Gasteiger partial charge on any atom is -0.494 e. The van der Waals surface area contributed by atoms with Crippen molar-refractivity contribution in [2.45, 2.75) is 58.4 Å². The lowest BCUT2D eigenvalue weighted by Crippen LogP contribution is -2.29. The van der Waals surface area contributed by atoms with Gasteiger partial charge in [0.05, 0.1) is 35.8 Å². The van der Waals surface area contributed by atoms with E-state index in [9.17, 15) is 18.8 Å². The van der Waals surface area contributed by atoms with Gasteiger partial charge in [-0.25, -0.2) is 9.18 Å². The Morgan fingerprint density at radius 1 is 0.881 bits per heavy atom. The van der Waals surface area contributed by atoms with E-state index in [-0.39, 0.29) is 22.3 Å². The Morgan fingerprint density at radius 2 is 1.62 bits per heavy atom. The number of anilines is 1. The second-order valence-corrected chi connectivity index (χ2v) is 10.4. The minimum atomic E-state index is -0.836. The first-order valence-electron chi connectivity index (χ1n) is 14.5. The summed E-state index contributed by atoms with van der Waals surface area (Å²) in [6.45, 7) is 5.11. The molecule has 1 amide bonds. The normalized spacial score (nSPS) is 14.3. The first-order valence-corrected chi connectivity index (χ1v) is 14.5. The standard InChI is InChI=1S/C34H34FNO6/c1-3-5-7-8-20-40-26-16-11-22(12-17-26)30-29-31(37)27-21-24(35)13-18-28(27)42-32(29)33(38)36(30)25-14-9-23(10-15-25)34(39)41-19-6-4-2/h9-18,21,30H,3-8,19-20H2,1-2H3. The highest BCUT2D eigenvalue weighted by Crippen LogP contribution is 2.41. The van der Waals surface area contributed by atoms with Crippen LogP contribution in [0.1, 0.15) is 90.5 Å². The van der Waals surface area contributed by atoms with Crippen LogP contribution in [0.25, 0.3) is 11.0 Å². The highest BCUT2D eigenvalue weighted by molar-refractivity contribution is 6.10. The van der Waals surface area contributed by atoms with Crippen LogP contribution < -0.4 is 15.1 Å². The molecule has 7 nitrogen and oxygen atoms in total. The number of halogens is 1. The van der Waals surface area contributed by atoms with E-state index >= 15 is 0 Å². The van der Waals surface area contributed by atoms with Crippen LogP contribution in [-0.2, 0) is 4.74 Å². The molecule has 8 heteroatoms. The van der Waals surface area contributed by atoms with Gasteiger partial charge in [-0.15, -0.1) is 0 Å². The van der Waals surface area contributed by atoms with Gasteiger partial charge in [0.2, 0.25) is 5.76 Å². The number of rotatable bonds is 12. The van der Waals surface area contributed by atoms with Crippen LogP contribution in [0.4, 0.5) is 10.1 Å². The van der Waals surface area contributed by atoms with Crippen LogP contribution in [0.15, 0.2) is 75.9 Å². The number of benzene rings is 3. The summed E-state index contributed by atoms with van der Waals surface area (Å²) in [6, 6.07) is 16.6. The smallest absolute Gasteiger partial charge is 0.338 e. The Hall–Kier alpha value is -4.46. The number of carbonyl (C=O) groups is 2. The molecular weight excluding hydrogens is 537 g/mol. The monoisotopic (exact) mass is 571 g/mol. The summed E-state index contributed by atoms with van der Waals surface area (Å²) in [5, 5.41) is 0.0607. The molecule has 1 atom stereocenters. The SMILES string of the molecule is CCCCCCOc1ccc(C2c3c(oc4ccc(F)cc4c3=O)C(=O)N2c2ccc(C(=O)OCCCC)cc2)cc1. The van der Waals surface area contributed by atoms with E-state index in [2.05, 4.69) is 6.92 Å². The molecule has 3 aromatic carbocycles. The fraction of sp³-hybridized carbons (Fsp3) is 0.324. The average Bonchev–Trinajstić information content (AvgIpc) is 3.30. The number of hydrogen-bond donors (Lipinski definition) is 0. The number of amides is 1. The molecule has 1 aliphatic heterocycles. The summed E-state index contributed by atoms with van der Waals surface area (Å²) < 4.78 is 31.2. The van der Waals surface area contributed by atoms with Crippen molar-refractivity contribution in [3.8, 4) is 5.75 Å². The summed E-state index contributed by atoms with van der Waals surface area (Å²) in [4.78, 5) is 41.5. The molecule has 1 unspecified atom stereocenters. The molecule has 1 aliphatic rings. The molecule has 0 bridgehead atoms. The lowest BCUT2D eigenvalue weighted by atomic mass is 9.98. The van der Waals surface area contributed by atoms with Gasteiger partial charge in [-0.05, 0) is 73.0 Å². The lowest BCUT2D eigenvalue weighted by Gasteiger charge is -2.25. The molecule has 0 saturated heterocycles. The third-order valence-corrected chi connectivity index (χ3v) is 7.41. The van der Waals surface area contributed by atoms with Crippen LogP contribution >= 0.6 is 0 Å². The van der Waals surface area contributed by atoms with E-state index in [1.165, 1.54) is 17.0 Å². The molecule has 42 heavy (non-hydrogen) atoms. The molecule has 5 rings (SSSR count). The number of unbranched alkanes of at least 4 members (excludes halogenated alkanes) is 4. The number of hydrogen-bond acceptors (Lipinski definition) is 6. The van der Waals surface area contributed by atoms with Crippen LogP contribution in [0.3, 0.4) is 0 Å². The van der Waals surface area contributed by atoms with Crippen molar-refractivity contribution in [1.29, 1.82) is 0 Å². The zero-order chi connectivity index (χ0) is 29.6. The van der Waals surface area contributed by atoms with Gasteiger partial charge >= 0.3 is 5.97 Å². The Bertz CT molecular complexity index is 1630. The van der Waals surface area contributed by atoms with Crippen LogP contribution in [0, 0.1) is 5.82 Å². The predicted molar refractivity (Wildman–Crippen MR) is 159 cm³/mol. The Kier molecular flexibility index (Phi) is 9.00. The van der Waals surface area contributed by atoms with Crippen molar-refractivity contribution in [3.63, 3.8) is 0 Å². The maximum Gasteiger partial charge on any atom is 0.338 e. The molecular formula is C34H34FNO6. The Labute approximate surface area is 243 Å². The average molecular weight is 572 g/mol. The zero-order valence-corrected chi connectivity index (χ0v) is 23.9. The summed E-state index contributed by atoms with van der Waals surface area (Å²) in [5.41, 5.74) is 1.27. The van der Waals surface area contributed by atoms with Crippen molar-refractivity contribution in [3.05, 3.63) is 105 Å². The predicted octanol–water partition coefficient (Wildman–Crippen LogP) is 7.60. The Balaban J connectivity index is 1.51. The number of nitrogens with zero attached hydrogens (tertiary/aromatic N) is 1. The largest absolute Gasteiger partial charge is 0.494 e. The summed E-state index contributed by atoms with van der Waals surface area (Å²) in [7, 11) is 0. The molecule has 218 valence electrons. The summed E-state index contributed by atoms with van der Waals surface area (Å²) in [6.07, 6.45) is 6.05. The van der Waals surface area contributed by atoms with Crippen LogP contribution in [0.2, 0.25) is 0 Å². The second kappa shape index (κ2) is 13.0. The minimum absolute atomic E-state index is 0.0607. The van der Waals surface area contributed by atoms with Gasteiger partial charge in [0.1, 0.15) is 17.1 Å². The fourth-order valence-corrected chi connectivity index (χ4v) is 5.14. The van der Waals surface area contributed by atoms with E-state index in [1.807, 2.05) is 31.2 Å². The van der Waals surface area contributed by atoms with Gasteiger partial charge in [-0.3, -0.25) is 14.5 Å². The van der Waals surface area contributed by atoms with E-state index in [0.29, 0.717) is 35.8 Å². The van der Waals surface area contributed by atoms with Crippen LogP contribution in [-0.4, -0.2) is 25.1 Å². The van der Waals surface area contributed by atoms with E-state index < -0.39 is 29.2 Å². The van der Waals surface area contributed by atoms with Crippen molar-refractivity contribution in [2.24, 2.45) is 0 Å². The van der Waals surface area contributed by atoms with E-state index in [1.54, 1.807) is 24.3 Å². The highest BCUT2D eigenvalue weighted by Gasteiger charge is 2.43. The molecule has 2 heterocycles. The zero-order valence-electron chi connectivity index (χ0n) is 23.9.